The highest BCUT2D eigenvalue weighted by Crippen LogP contribution is 2.16. The minimum absolute atomic E-state index is 0.165. The Bertz CT molecular complexity index is 598. The monoisotopic (exact) mass is 305 g/mol. The van der Waals surface area contributed by atoms with Crippen molar-refractivity contribution in [2.45, 2.75) is 19.9 Å². The number of nitrogens with one attached hydrogen (secondary N) is 1. The Balaban J connectivity index is 1.68. The molecular weight excluding hydrogens is 286 g/mol. The van der Waals surface area contributed by atoms with E-state index in [-0.39, 0.29) is 5.91 Å². The van der Waals surface area contributed by atoms with Crippen molar-refractivity contribution >= 4 is 17.2 Å². The lowest BCUT2D eigenvalue weighted by molar-refractivity contribution is 0.0947. The molecule has 1 heterocycles. The van der Waals surface area contributed by atoms with Gasteiger partial charge in [-0.2, -0.15) is 0 Å². The normalized spacial score (nSPS) is 10.4. The molecule has 0 aliphatic carbocycles. The maximum absolute atomic E-state index is 11.8. The maximum atomic E-state index is 11.8. The van der Waals surface area contributed by atoms with Crippen LogP contribution in [0, 0.1) is 6.92 Å². The summed E-state index contributed by atoms with van der Waals surface area (Å²) >= 11 is 1.40. The quantitative estimate of drug-likeness (QED) is 0.768. The lowest BCUT2D eigenvalue weighted by Crippen LogP contribution is -2.26. The van der Waals surface area contributed by atoms with Crippen molar-refractivity contribution in [1.29, 1.82) is 0 Å². The van der Waals surface area contributed by atoms with E-state index in [1.807, 2.05) is 31.2 Å². The van der Waals surface area contributed by atoms with E-state index in [0.717, 1.165) is 22.7 Å². The highest BCUT2D eigenvalue weighted by Gasteiger charge is 2.09. The third kappa shape index (κ3) is 4.54. The third-order valence-electron chi connectivity index (χ3n) is 2.92. The first-order valence-corrected chi connectivity index (χ1v) is 7.69. The molecule has 2 aromatic rings. The first-order valence-electron chi connectivity index (χ1n) is 6.82. The van der Waals surface area contributed by atoms with Gasteiger partial charge in [0.05, 0.1) is 6.61 Å². The number of aromatic nitrogens is 1. The first-order chi connectivity index (χ1) is 10.2. The summed E-state index contributed by atoms with van der Waals surface area (Å²) in [6.45, 7) is 3.49. The Kier molecular flexibility index (Phi) is 5.71. The molecule has 0 atom stereocenters. The second kappa shape index (κ2) is 7.75. The van der Waals surface area contributed by atoms with Crippen molar-refractivity contribution in [2.75, 3.05) is 13.2 Å². The van der Waals surface area contributed by atoms with E-state index in [1.165, 1.54) is 11.3 Å². The topological polar surface area (TPSA) is 77.2 Å². The number of benzene rings is 1. The van der Waals surface area contributed by atoms with Crippen LogP contribution in [0.5, 0.6) is 5.75 Å². The average Bonchev–Trinajstić information content (AvgIpc) is 2.97. The van der Waals surface area contributed by atoms with Gasteiger partial charge < -0.3 is 15.8 Å². The zero-order chi connectivity index (χ0) is 15.1. The van der Waals surface area contributed by atoms with Gasteiger partial charge in [-0.3, -0.25) is 4.79 Å². The summed E-state index contributed by atoms with van der Waals surface area (Å²) in [5.74, 6) is 0.720. The molecule has 0 fully saturated rings. The lowest BCUT2D eigenvalue weighted by Gasteiger charge is -2.08. The molecule has 3 N–H and O–H groups in total. The molecule has 5 nitrogen and oxygen atoms in total. The van der Waals surface area contributed by atoms with Crippen LogP contribution in [0.15, 0.2) is 29.6 Å². The molecule has 21 heavy (non-hydrogen) atoms. The van der Waals surface area contributed by atoms with Crippen LogP contribution in [0.25, 0.3) is 0 Å². The van der Waals surface area contributed by atoms with E-state index in [1.54, 1.807) is 5.38 Å². The van der Waals surface area contributed by atoms with Crippen LogP contribution in [0.1, 0.15) is 27.5 Å². The van der Waals surface area contributed by atoms with Gasteiger partial charge in [0.15, 0.2) is 0 Å². The number of hydrogen-bond acceptors (Lipinski definition) is 5. The van der Waals surface area contributed by atoms with Gasteiger partial charge in [-0.05, 0) is 25.0 Å². The number of thiazole rings is 1. The fourth-order valence-corrected chi connectivity index (χ4v) is 2.43. The van der Waals surface area contributed by atoms with E-state index in [2.05, 4.69) is 10.3 Å². The van der Waals surface area contributed by atoms with Gasteiger partial charge in [-0.1, -0.05) is 18.2 Å². The minimum atomic E-state index is -0.165. The molecule has 0 unspecified atom stereocenters. The van der Waals surface area contributed by atoms with Crippen molar-refractivity contribution in [3.8, 4) is 5.75 Å². The summed E-state index contributed by atoms with van der Waals surface area (Å²) in [5.41, 5.74) is 7.01. The van der Waals surface area contributed by atoms with Crippen LogP contribution in [-0.4, -0.2) is 24.0 Å². The fraction of sp³-hybridized carbons (Fsp3) is 0.333. The maximum Gasteiger partial charge on any atom is 0.270 e. The van der Waals surface area contributed by atoms with Gasteiger partial charge in [-0.15, -0.1) is 11.3 Å². The number of aryl methyl sites for hydroxylation is 1. The number of para-hydroxylation sites is 1. The molecule has 112 valence electrons. The summed E-state index contributed by atoms with van der Waals surface area (Å²) in [6.07, 6.45) is 0.744. The Hall–Kier alpha value is -1.92. The molecule has 0 saturated carbocycles. The predicted molar refractivity (Wildman–Crippen MR) is 83.6 cm³/mol. The summed E-state index contributed by atoms with van der Waals surface area (Å²) in [6, 6.07) is 7.87. The molecule has 0 spiro atoms. The van der Waals surface area contributed by atoms with Crippen molar-refractivity contribution in [1.82, 2.24) is 10.3 Å². The van der Waals surface area contributed by atoms with Crippen molar-refractivity contribution < 1.29 is 9.53 Å². The number of carbonyl (C=O) groups excluding carboxylic acids is 1. The number of carbonyl (C=O) groups is 1. The summed E-state index contributed by atoms with van der Waals surface area (Å²) in [7, 11) is 0. The SMILES string of the molecule is Cc1ccccc1OCCCNC(=O)c1csc(CN)n1. The van der Waals surface area contributed by atoms with E-state index in [9.17, 15) is 4.79 Å². The van der Waals surface area contributed by atoms with Gasteiger partial charge in [0.2, 0.25) is 0 Å². The average molecular weight is 305 g/mol. The van der Waals surface area contributed by atoms with Gasteiger partial charge in [0, 0.05) is 18.5 Å². The first kappa shape index (κ1) is 15.5. The van der Waals surface area contributed by atoms with Gasteiger partial charge in [0.1, 0.15) is 16.5 Å². The highest BCUT2D eigenvalue weighted by molar-refractivity contribution is 7.09. The number of hydrogen-bond donors (Lipinski definition) is 2. The van der Waals surface area contributed by atoms with E-state index >= 15 is 0 Å². The zero-order valence-electron chi connectivity index (χ0n) is 12.0. The largest absolute Gasteiger partial charge is 0.493 e. The second-order valence-electron chi connectivity index (χ2n) is 4.55. The molecular formula is C15H19N3O2S. The molecule has 1 aromatic heterocycles. The van der Waals surface area contributed by atoms with E-state index in [0.29, 0.717) is 25.4 Å². The Labute approximate surface area is 128 Å². The van der Waals surface area contributed by atoms with Crippen molar-refractivity contribution in [3.63, 3.8) is 0 Å². The molecule has 0 bridgehead atoms. The summed E-state index contributed by atoms with van der Waals surface area (Å²) in [4.78, 5) is 15.9. The number of nitrogens with two attached hydrogens (primary N) is 1. The number of ether oxygens (including phenoxy) is 1. The van der Waals surface area contributed by atoms with Gasteiger partial charge >= 0.3 is 0 Å². The highest BCUT2D eigenvalue weighted by atomic mass is 32.1. The Morgan fingerprint density at radius 1 is 1.43 bits per heavy atom. The smallest absolute Gasteiger partial charge is 0.270 e. The molecule has 1 amide bonds. The molecule has 1 aromatic carbocycles. The standard InChI is InChI=1S/C15H19N3O2S/c1-11-5-2-3-6-13(11)20-8-4-7-17-15(19)12-10-21-14(9-16)18-12/h2-3,5-6,10H,4,7-9,16H2,1H3,(H,17,19). The molecule has 0 aliphatic rings. The molecule has 0 radical (unpaired) electrons. The number of rotatable bonds is 7. The van der Waals surface area contributed by atoms with Gasteiger partial charge in [-0.25, -0.2) is 4.98 Å². The zero-order valence-corrected chi connectivity index (χ0v) is 12.8. The number of nitrogens with zero attached hydrogens (tertiary/aromatic N) is 1. The Morgan fingerprint density at radius 2 is 2.24 bits per heavy atom. The van der Waals surface area contributed by atoms with E-state index < -0.39 is 0 Å². The summed E-state index contributed by atoms with van der Waals surface area (Å²) in [5, 5.41) is 5.31. The van der Waals surface area contributed by atoms with Crippen LogP contribution < -0.4 is 15.8 Å². The third-order valence-corrected chi connectivity index (χ3v) is 3.79. The molecule has 2 rings (SSSR count). The van der Waals surface area contributed by atoms with Crippen molar-refractivity contribution in [2.24, 2.45) is 5.73 Å². The lowest BCUT2D eigenvalue weighted by atomic mass is 10.2. The predicted octanol–water partition coefficient (Wildman–Crippen LogP) is 2.11. The molecule has 6 heteroatoms. The summed E-state index contributed by atoms with van der Waals surface area (Å²) < 4.78 is 5.66. The van der Waals surface area contributed by atoms with Gasteiger partial charge in [0.25, 0.3) is 5.91 Å². The van der Waals surface area contributed by atoms with E-state index in [4.69, 9.17) is 10.5 Å². The number of amides is 1. The molecule has 0 aliphatic heterocycles. The van der Waals surface area contributed by atoms with Crippen molar-refractivity contribution in [3.05, 3.63) is 45.9 Å². The second-order valence-corrected chi connectivity index (χ2v) is 5.50. The Morgan fingerprint density at radius 3 is 2.95 bits per heavy atom. The molecule has 0 saturated heterocycles. The fourth-order valence-electron chi connectivity index (χ4n) is 1.77. The van der Waals surface area contributed by atoms with Crippen LogP contribution in [0.4, 0.5) is 0 Å². The minimum Gasteiger partial charge on any atom is -0.493 e. The van der Waals surface area contributed by atoms with Crippen LogP contribution >= 0.6 is 11.3 Å². The van der Waals surface area contributed by atoms with Crippen LogP contribution in [0.2, 0.25) is 0 Å². The van der Waals surface area contributed by atoms with Crippen LogP contribution in [0.3, 0.4) is 0 Å². The van der Waals surface area contributed by atoms with Crippen LogP contribution in [-0.2, 0) is 6.54 Å².